The van der Waals surface area contributed by atoms with Crippen LogP contribution in [0.15, 0.2) is 88.4 Å². The van der Waals surface area contributed by atoms with Crippen LogP contribution in [-0.2, 0) is 0 Å². The number of nitrogens with zero attached hydrogens (tertiary/aromatic N) is 3. The topological polar surface area (TPSA) is 73.5 Å². The molecule has 1 atom stereocenters. The van der Waals surface area contributed by atoms with E-state index in [4.69, 9.17) is 0 Å². The van der Waals surface area contributed by atoms with Gasteiger partial charge in [-0.1, -0.05) is 70.5 Å². The smallest absolute Gasteiger partial charge is 0.267 e. The Morgan fingerprint density at radius 3 is 1.97 bits per heavy atom. The first-order valence-corrected chi connectivity index (χ1v) is 9.66. The number of nitriles is 1. The highest BCUT2D eigenvalue weighted by Crippen LogP contribution is 2.27. The summed E-state index contributed by atoms with van der Waals surface area (Å²) in [6.07, 6.45) is 0. The average Bonchev–Trinajstić information content (AvgIpc) is 3.00. The number of hydrogen-bond acceptors (Lipinski definition) is 4. The average molecular weight is 444 g/mol. The Morgan fingerprint density at radius 2 is 1.41 bits per heavy atom. The summed E-state index contributed by atoms with van der Waals surface area (Å²) in [6.45, 7) is 0. The Labute approximate surface area is 176 Å². The molecule has 4 rings (SSSR count). The van der Waals surface area contributed by atoms with Gasteiger partial charge in [0.25, 0.3) is 11.8 Å². The molecule has 0 radical (unpaired) electrons. The van der Waals surface area contributed by atoms with Crippen LogP contribution in [0.4, 0.5) is 0 Å². The minimum atomic E-state index is -0.755. The molecule has 0 aromatic heterocycles. The number of hydrogen-bond donors (Lipinski definition) is 0. The van der Waals surface area contributed by atoms with Crippen LogP contribution in [0, 0.1) is 11.3 Å². The number of halogens is 1. The maximum absolute atomic E-state index is 12.8. The summed E-state index contributed by atoms with van der Waals surface area (Å²) in [5.74, 6) is -1.74. The molecule has 1 unspecified atom stereocenters. The minimum Gasteiger partial charge on any atom is -0.267 e. The van der Waals surface area contributed by atoms with Crippen molar-refractivity contribution < 1.29 is 9.59 Å². The highest BCUT2D eigenvalue weighted by atomic mass is 79.9. The fourth-order valence-electron chi connectivity index (χ4n) is 3.21. The normalized spacial score (nSPS) is 14.5. The molecule has 1 heterocycles. The minimum absolute atomic E-state index is 0.311. The van der Waals surface area contributed by atoms with E-state index in [1.807, 2.05) is 42.5 Å². The lowest BCUT2D eigenvalue weighted by Crippen LogP contribution is -2.27. The van der Waals surface area contributed by atoms with Crippen LogP contribution in [-0.4, -0.2) is 22.5 Å². The van der Waals surface area contributed by atoms with Crippen molar-refractivity contribution in [3.8, 4) is 6.07 Å². The predicted octanol–water partition coefficient (Wildman–Crippen LogP) is 4.76. The van der Waals surface area contributed by atoms with E-state index in [1.165, 1.54) is 0 Å². The SMILES string of the molecule is N#CC(/C(=N\N1C(=O)c2ccccc2C1=O)c1ccccc1)c1ccc(Br)cc1. The zero-order chi connectivity index (χ0) is 20.4. The van der Waals surface area contributed by atoms with Gasteiger partial charge in [0.15, 0.2) is 0 Å². The van der Waals surface area contributed by atoms with Crippen molar-refractivity contribution in [2.75, 3.05) is 0 Å². The van der Waals surface area contributed by atoms with Gasteiger partial charge in [0, 0.05) is 4.47 Å². The quantitative estimate of drug-likeness (QED) is 0.431. The largest absolute Gasteiger partial charge is 0.282 e. The maximum Gasteiger partial charge on any atom is 0.282 e. The summed E-state index contributed by atoms with van der Waals surface area (Å²) in [7, 11) is 0. The molecule has 0 N–H and O–H groups in total. The van der Waals surface area contributed by atoms with Gasteiger partial charge in [-0.05, 0) is 35.4 Å². The highest BCUT2D eigenvalue weighted by molar-refractivity contribution is 9.10. The number of carbonyl (C=O) groups is 2. The Morgan fingerprint density at radius 1 is 0.862 bits per heavy atom. The molecule has 0 saturated heterocycles. The van der Waals surface area contributed by atoms with E-state index >= 15 is 0 Å². The third-order valence-corrected chi connectivity index (χ3v) is 5.18. The van der Waals surface area contributed by atoms with Gasteiger partial charge in [0.2, 0.25) is 0 Å². The van der Waals surface area contributed by atoms with Crippen molar-refractivity contribution in [2.24, 2.45) is 5.10 Å². The van der Waals surface area contributed by atoms with Crippen LogP contribution >= 0.6 is 15.9 Å². The molecule has 29 heavy (non-hydrogen) atoms. The van der Waals surface area contributed by atoms with Crippen molar-refractivity contribution in [2.45, 2.75) is 5.92 Å². The number of rotatable bonds is 4. The number of fused-ring (bicyclic) bond motifs is 1. The summed E-state index contributed by atoms with van der Waals surface area (Å²) >= 11 is 3.39. The number of benzene rings is 3. The molecule has 6 heteroatoms. The number of hydrazone groups is 1. The second-order valence-corrected chi connectivity index (χ2v) is 7.35. The molecule has 0 spiro atoms. The lowest BCUT2D eigenvalue weighted by molar-refractivity contribution is 0.0658. The van der Waals surface area contributed by atoms with Crippen molar-refractivity contribution in [3.05, 3.63) is 106 Å². The van der Waals surface area contributed by atoms with E-state index < -0.39 is 17.7 Å². The van der Waals surface area contributed by atoms with Crippen LogP contribution in [0.1, 0.15) is 37.8 Å². The molecular weight excluding hydrogens is 430 g/mol. The van der Waals surface area contributed by atoms with Gasteiger partial charge in [0.05, 0.1) is 22.9 Å². The molecule has 2 amide bonds. The molecule has 140 valence electrons. The Kier molecular flexibility index (Phi) is 5.07. The fourth-order valence-corrected chi connectivity index (χ4v) is 3.48. The van der Waals surface area contributed by atoms with Crippen molar-refractivity contribution in [1.29, 1.82) is 5.26 Å². The van der Waals surface area contributed by atoms with Gasteiger partial charge in [0.1, 0.15) is 5.92 Å². The standard InChI is InChI=1S/C23H14BrN3O2/c24-17-12-10-15(11-13-17)20(14-25)21(16-6-2-1-3-7-16)26-27-22(28)18-8-4-5-9-19(18)23(27)29/h1-13,20H/b26-21-. The number of carbonyl (C=O) groups excluding carboxylic acids is 2. The second-order valence-electron chi connectivity index (χ2n) is 6.43. The van der Waals surface area contributed by atoms with Crippen LogP contribution in [0.5, 0.6) is 0 Å². The molecule has 0 saturated carbocycles. The molecule has 5 nitrogen and oxygen atoms in total. The van der Waals surface area contributed by atoms with E-state index in [2.05, 4.69) is 27.1 Å². The Bertz CT molecular complexity index is 1130. The number of amides is 2. The third kappa shape index (κ3) is 3.48. The summed E-state index contributed by atoms with van der Waals surface area (Å²) in [5.41, 5.74) is 2.34. The number of imide groups is 1. The van der Waals surface area contributed by atoms with Crippen molar-refractivity contribution >= 4 is 33.5 Å². The molecule has 3 aromatic carbocycles. The molecule has 1 aliphatic heterocycles. The highest BCUT2D eigenvalue weighted by Gasteiger charge is 2.36. The van der Waals surface area contributed by atoms with Gasteiger partial charge >= 0.3 is 0 Å². The molecule has 0 fully saturated rings. The van der Waals surface area contributed by atoms with Crippen LogP contribution < -0.4 is 0 Å². The van der Waals surface area contributed by atoms with E-state index in [-0.39, 0.29) is 0 Å². The maximum atomic E-state index is 12.8. The van der Waals surface area contributed by atoms with Gasteiger partial charge in [-0.25, -0.2) is 0 Å². The zero-order valence-corrected chi connectivity index (χ0v) is 16.7. The predicted molar refractivity (Wildman–Crippen MR) is 112 cm³/mol. The van der Waals surface area contributed by atoms with E-state index in [9.17, 15) is 14.9 Å². The van der Waals surface area contributed by atoms with Gasteiger partial charge in [-0.15, -0.1) is 0 Å². The van der Waals surface area contributed by atoms with E-state index in [0.717, 1.165) is 15.0 Å². The summed E-state index contributed by atoms with van der Waals surface area (Å²) in [6, 6.07) is 25.3. The van der Waals surface area contributed by atoms with Gasteiger partial charge in [-0.2, -0.15) is 15.4 Å². The lowest BCUT2D eigenvalue weighted by atomic mass is 9.91. The Hall–Kier alpha value is -3.56. The summed E-state index contributed by atoms with van der Waals surface area (Å²) < 4.78 is 0.886. The van der Waals surface area contributed by atoms with Crippen LogP contribution in [0.25, 0.3) is 0 Å². The van der Waals surface area contributed by atoms with Gasteiger partial charge in [-0.3, -0.25) is 9.59 Å². The molecular formula is C23H14BrN3O2. The summed E-state index contributed by atoms with van der Waals surface area (Å²) in [4.78, 5) is 25.5. The molecule has 0 bridgehead atoms. The van der Waals surface area contributed by atoms with Crippen LogP contribution in [0.3, 0.4) is 0 Å². The van der Waals surface area contributed by atoms with Gasteiger partial charge < -0.3 is 0 Å². The molecule has 0 aliphatic carbocycles. The first kappa shape index (κ1) is 18.8. The Balaban J connectivity index is 1.84. The first-order chi connectivity index (χ1) is 14.1. The van der Waals surface area contributed by atoms with E-state index in [1.54, 1.807) is 36.4 Å². The summed E-state index contributed by atoms with van der Waals surface area (Å²) in [5, 5.41) is 15.2. The molecule has 3 aromatic rings. The fraction of sp³-hybridized carbons (Fsp3) is 0.0435. The second kappa shape index (κ2) is 7.82. The van der Waals surface area contributed by atoms with Crippen molar-refractivity contribution in [1.82, 2.24) is 5.01 Å². The van der Waals surface area contributed by atoms with Crippen LogP contribution in [0.2, 0.25) is 0 Å². The first-order valence-electron chi connectivity index (χ1n) is 8.87. The lowest BCUT2D eigenvalue weighted by Gasteiger charge is -2.16. The van der Waals surface area contributed by atoms with E-state index in [0.29, 0.717) is 22.4 Å². The zero-order valence-electron chi connectivity index (χ0n) is 15.1. The van der Waals surface area contributed by atoms with Crippen molar-refractivity contribution in [3.63, 3.8) is 0 Å². The molecule has 1 aliphatic rings. The third-order valence-electron chi connectivity index (χ3n) is 4.66. The monoisotopic (exact) mass is 443 g/mol.